The topological polar surface area (TPSA) is 26.3 Å². The summed E-state index contributed by atoms with van der Waals surface area (Å²) in [4.78, 5) is 12.8. The van der Waals surface area contributed by atoms with Crippen molar-refractivity contribution < 1.29 is 13.9 Å². The fourth-order valence-electron chi connectivity index (χ4n) is 1.41. The highest BCUT2D eigenvalue weighted by molar-refractivity contribution is 9.13. The summed E-state index contributed by atoms with van der Waals surface area (Å²) < 4.78 is 19.7. The molecule has 0 unspecified atom stereocenters. The molecule has 0 atom stereocenters. The lowest BCUT2D eigenvalue weighted by molar-refractivity contribution is 0.104. The molecule has 2 aromatic rings. The molecule has 0 radical (unpaired) electrons. The van der Waals surface area contributed by atoms with E-state index in [0.29, 0.717) is 14.9 Å². The fourth-order valence-corrected chi connectivity index (χ4v) is 3.52. The molecule has 2 rings (SSSR count). The summed E-state index contributed by atoms with van der Waals surface area (Å²) in [5.74, 6) is -0.594. The number of rotatable bonds is 3. The number of benzene rings is 1. The van der Waals surface area contributed by atoms with Crippen LogP contribution in [0.1, 0.15) is 15.2 Å². The standard InChI is InChI=1S/C12H7Br2FO2S/c1-17-9-4-6(2-3-8(9)15)11(16)12-10(14)7(13)5-18-12/h2-5H,1H3. The minimum absolute atomic E-state index is 0.0626. The van der Waals surface area contributed by atoms with Crippen molar-refractivity contribution >= 4 is 49.0 Å². The maximum absolute atomic E-state index is 13.3. The van der Waals surface area contributed by atoms with Crippen LogP contribution in [0.3, 0.4) is 0 Å². The fraction of sp³-hybridized carbons (Fsp3) is 0.0833. The second kappa shape index (κ2) is 5.50. The van der Waals surface area contributed by atoms with Gasteiger partial charge in [-0.05, 0) is 50.1 Å². The molecule has 6 heteroatoms. The molecule has 2 nitrogen and oxygen atoms in total. The van der Waals surface area contributed by atoms with Gasteiger partial charge in [-0.25, -0.2) is 4.39 Å². The maximum Gasteiger partial charge on any atom is 0.204 e. The summed E-state index contributed by atoms with van der Waals surface area (Å²) in [6, 6.07) is 4.07. The van der Waals surface area contributed by atoms with Gasteiger partial charge in [-0.2, -0.15) is 0 Å². The van der Waals surface area contributed by atoms with E-state index in [1.165, 1.54) is 36.6 Å². The molecule has 0 aliphatic rings. The highest BCUT2D eigenvalue weighted by Gasteiger charge is 2.18. The van der Waals surface area contributed by atoms with Gasteiger partial charge in [0.15, 0.2) is 11.6 Å². The van der Waals surface area contributed by atoms with Gasteiger partial charge in [0.1, 0.15) is 0 Å². The van der Waals surface area contributed by atoms with Crippen molar-refractivity contribution in [1.82, 2.24) is 0 Å². The highest BCUT2D eigenvalue weighted by atomic mass is 79.9. The Balaban J connectivity index is 2.43. The Hall–Kier alpha value is -0.720. The lowest BCUT2D eigenvalue weighted by Crippen LogP contribution is -2.01. The first-order chi connectivity index (χ1) is 8.54. The zero-order chi connectivity index (χ0) is 13.3. The molecule has 0 N–H and O–H groups in total. The summed E-state index contributed by atoms with van der Waals surface area (Å²) >= 11 is 7.98. The molecule has 0 saturated heterocycles. The van der Waals surface area contributed by atoms with Gasteiger partial charge >= 0.3 is 0 Å². The molecule has 1 aromatic carbocycles. The normalized spacial score (nSPS) is 10.4. The Morgan fingerprint density at radius 2 is 2.11 bits per heavy atom. The molecule has 1 aromatic heterocycles. The minimum Gasteiger partial charge on any atom is -0.494 e. The first kappa shape index (κ1) is 13.7. The zero-order valence-corrected chi connectivity index (χ0v) is 13.2. The van der Waals surface area contributed by atoms with Crippen molar-refractivity contribution in [2.45, 2.75) is 0 Å². The maximum atomic E-state index is 13.3. The predicted octanol–water partition coefficient (Wildman–Crippen LogP) is 4.65. The van der Waals surface area contributed by atoms with Crippen molar-refractivity contribution in [3.05, 3.63) is 48.8 Å². The van der Waals surface area contributed by atoms with Crippen LogP contribution in [-0.4, -0.2) is 12.9 Å². The molecule has 94 valence electrons. The molecule has 0 fully saturated rings. The molecular weight excluding hydrogens is 387 g/mol. The largest absolute Gasteiger partial charge is 0.494 e. The molecule has 0 aliphatic carbocycles. The smallest absolute Gasteiger partial charge is 0.204 e. The van der Waals surface area contributed by atoms with Gasteiger partial charge in [-0.3, -0.25) is 4.79 Å². The molecule has 0 amide bonds. The molecule has 0 bridgehead atoms. The van der Waals surface area contributed by atoms with Gasteiger partial charge < -0.3 is 4.74 Å². The predicted molar refractivity (Wildman–Crippen MR) is 76.1 cm³/mol. The van der Waals surface area contributed by atoms with E-state index in [9.17, 15) is 9.18 Å². The van der Waals surface area contributed by atoms with Gasteiger partial charge in [-0.15, -0.1) is 11.3 Å². The summed E-state index contributed by atoms with van der Waals surface area (Å²) in [6.07, 6.45) is 0. The average molecular weight is 394 g/mol. The number of hydrogen-bond acceptors (Lipinski definition) is 3. The summed E-state index contributed by atoms with van der Waals surface area (Å²) in [5.41, 5.74) is 0.392. The molecular formula is C12H7Br2FO2S. The third-order valence-corrected chi connectivity index (χ3v) is 5.83. The monoisotopic (exact) mass is 392 g/mol. The average Bonchev–Trinajstić information content (AvgIpc) is 2.70. The van der Waals surface area contributed by atoms with Crippen LogP contribution in [-0.2, 0) is 0 Å². The number of carbonyl (C=O) groups excluding carboxylic acids is 1. The zero-order valence-electron chi connectivity index (χ0n) is 9.17. The Kier molecular flexibility index (Phi) is 4.19. The first-order valence-electron chi connectivity index (χ1n) is 4.85. The van der Waals surface area contributed by atoms with Crippen LogP contribution < -0.4 is 4.74 Å². The van der Waals surface area contributed by atoms with E-state index in [1.54, 1.807) is 0 Å². The van der Waals surface area contributed by atoms with Crippen LogP contribution in [0.25, 0.3) is 0 Å². The number of hydrogen-bond donors (Lipinski definition) is 0. The van der Waals surface area contributed by atoms with Crippen molar-refractivity contribution in [2.24, 2.45) is 0 Å². The summed E-state index contributed by atoms with van der Waals surface area (Å²) in [7, 11) is 1.37. The quantitative estimate of drug-likeness (QED) is 0.709. The van der Waals surface area contributed by atoms with Crippen molar-refractivity contribution in [1.29, 1.82) is 0 Å². The Bertz CT molecular complexity index is 610. The van der Waals surface area contributed by atoms with Gasteiger partial charge in [-0.1, -0.05) is 0 Å². The molecule has 1 heterocycles. The van der Waals surface area contributed by atoms with Crippen LogP contribution in [0, 0.1) is 5.82 Å². The molecule has 0 spiro atoms. The second-order valence-electron chi connectivity index (χ2n) is 3.41. The lowest BCUT2D eigenvalue weighted by Gasteiger charge is -2.04. The number of ketones is 1. The molecule has 18 heavy (non-hydrogen) atoms. The van der Waals surface area contributed by atoms with Gasteiger partial charge in [0.2, 0.25) is 5.78 Å². The van der Waals surface area contributed by atoms with E-state index < -0.39 is 5.82 Å². The van der Waals surface area contributed by atoms with Gasteiger partial charge in [0, 0.05) is 15.4 Å². The number of thiophene rings is 1. The third kappa shape index (κ3) is 2.50. The van der Waals surface area contributed by atoms with Crippen molar-refractivity contribution in [3.8, 4) is 5.75 Å². The number of methoxy groups -OCH3 is 1. The minimum atomic E-state index is -0.486. The summed E-state index contributed by atoms with van der Waals surface area (Å²) in [5, 5.41) is 1.82. The van der Waals surface area contributed by atoms with Gasteiger partial charge in [0.25, 0.3) is 0 Å². The Labute approximate surface area is 124 Å². The van der Waals surface area contributed by atoms with Crippen LogP contribution in [0.4, 0.5) is 4.39 Å². The first-order valence-corrected chi connectivity index (χ1v) is 7.32. The van der Waals surface area contributed by atoms with Crippen LogP contribution in [0.2, 0.25) is 0 Å². The number of ether oxygens (including phenoxy) is 1. The van der Waals surface area contributed by atoms with E-state index in [1.807, 2.05) is 5.38 Å². The van der Waals surface area contributed by atoms with Crippen molar-refractivity contribution in [2.75, 3.05) is 7.11 Å². The van der Waals surface area contributed by atoms with E-state index >= 15 is 0 Å². The lowest BCUT2D eigenvalue weighted by atomic mass is 10.1. The van der Waals surface area contributed by atoms with E-state index in [0.717, 1.165) is 4.47 Å². The van der Waals surface area contributed by atoms with Crippen LogP contribution in [0.5, 0.6) is 5.75 Å². The second-order valence-corrected chi connectivity index (χ2v) is 5.93. The van der Waals surface area contributed by atoms with Gasteiger partial charge in [0.05, 0.1) is 16.5 Å². The molecule has 0 saturated carbocycles. The van der Waals surface area contributed by atoms with Crippen LogP contribution in [0.15, 0.2) is 32.5 Å². The number of carbonyl (C=O) groups is 1. The van der Waals surface area contributed by atoms with Crippen LogP contribution >= 0.6 is 43.2 Å². The third-order valence-electron chi connectivity index (χ3n) is 2.31. The van der Waals surface area contributed by atoms with E-state index in [-0.39, 0.29) is 11.5 Å². The van der Waals surface area contributed by atoms with E-state index in [4.69, 9.17) is 4.74 Å². The molecule has 0 aliphatic heterocycles. The highest BCUT2D eigenvalue weighted by Crippen LogP contribution is 2.34. The Morgan fingerprint density at radius 3 is 2.67 bits per heavy atom. The SMILES string of the molecule is COc1cc(C(=O)c2scc(Br)c2Br)ccc1F. The Morgan fingerprint density at radius 1 is 1.39 bits per heavy atom. The summed E-state index contributed by atoms with van der Waals surface area (Å²) in [6.45, 7) is 0. The van der Waals surface area contributed by atoms with Crippen molar-refractivity contribution in [3.63, 3.8) is 0 Å². The number of halogens is 3. The van der Waals surface area contributed by atoms with E-state index in [2.05, 4.69) is 31.9 Å².